The number of hydrogen-bond acceptors (Lipinski definition) is 6. The molecule has 0 aromatic heterocycles. The molecule has 1 heterocycles. The fourth-order valence-electron chi connectivity index (χ4n) is 3.41. The van der Waals surface area contributed by atoms with Crippen LogP contribution >= 0.6 is 0 Å². The zero-order valence-electron chi connectivity index (χ0n) is 18.4. The molecule has 8 heteroatoms. The fraction of sp³-hybridized carbons (Fsp3) is 0.192. The lowest BCUT2D eigenvalue weighted by Crippen LogP contribution is -2.44. The minimum atomic E-state index is -0.947. The Balaban J connectivity index is 1.32. The molecular formula is C26H24N2O6. The minimum absolute atomic E-state index is 0.173. The van der Waals surface area contributed by atoms with E-state index in [2.05, 4.69) is 10.6 Å². The highest BCUT2D eigenvalue weighted by Gasteiger charge is 2.24. The van der Waals surface area contributed by atoms with E-state index in [1.807, 2.05) is 36.4 Å². The van der Waals surface area contributed by atoms with Crippen LogP contribution in [0.5, 0.6) is 11.5 Å². The van der Waals surface area contributed by atoms with E-state index in [1.165, 1.54) is 0 Å². The largest absolute Gasteiger partial charge is 0.454 e. The van der Waals surface area contributed by atoms with Crippen LogP contribution < -0.4 is 20.1 Å². The molecule has 4 rings (SSSR count). The predicted molar refractivity (Wildman–Crippen MR) is 123 cm³/mol. The normalized spacial score (nSPS) is 12.5. The molecule has 34 heavy (non-hydrogen) atoms. The second-order valence-corrected chi connectivity index (χ2v) is 7.65. The summed E-state index contributed by atoms with van der Waals surface area (Å²) in [7, 11) is 0. The molecule has 0 bridgehead atoms. The van der Waals surface area contributed by atoms with Crippen molar-refractivity contribution in [3.8, 4) is 11.5 Å². The zero-order valence-corrected chi connectivity index (χ0v) is 18.4. The summed E-state index contributed by atoms with van der Waals surface area (Å²) in [6.45, 7) is -0.0485. The van der Waals surface area contributed by atoms with Crippen molar-refractivity contribution in [2.75, 3.05) is 13.4 Å². The second-order valence-electron chi connectivity index (χ2n) is 7.65. The highest BCUT2D eigenvalue weighted by molar-refractivity contribution is 5.97. The number of carbonyl (C=O) groups excluding carboxylic acids is 3. The molecule has 174 valence electrons. The first-order valence-corrected chi connectivity index (χ1v) is 10.8. The smallest absolute Gasteiger partial charge is 0.329 e. The van der Waals surface area contributed by atoms with E-state index < -0.39 is 30.4 Å². The summed E-state index contributed by atoms with van der Waals surface area (Å²) < 4.78 is 15.8. The summed E-state index contributed by atoms with van der Waals surface area (Å²) in [6, 6.07) is 22.3. The Hall–Kier alpha value is -4.33. The third-order valence-electron chi connectivity index (χ3n) is 5.18. The van der Waals surface area contributed by atoms with Gasteiger partial charge in [0.15, 0.2) is 18.1 Å². The van der Waals surface area contributed by atoms with E-state index in [9.17, 15) is 14.4 Å². The van der Waals surface area contributed by atoms with Gasteiger partial charge in [-0.05, 0) is 35.4 Å². The molecule has 0 unspecified atom stereocenters. The minimum Gasteiger partial charge on any atom is -0.454 e. The van der Waals surface area contributed by atoms with E-state index in [4.69, 9.17) is 14.2 Å². The molecule has 0 aliphatic carbocycles. The van der Waals surface area contributed by atoms with Gasteiger partial charge in [-0.25, -0.2) is 4.79 Å². The first kappa shape index (κ1) is 22.8. The van der Waals surface area contributed by atoms with Gasteiger partial charge in [-0.1, -0.05) is 54.6 Å². The molecule has 0 radical (unpaired) electrons. The number of ether oxygens (including phenoxy) is 3. The van der Waals surface area contributed by atoms with Crippen LogP contribution in [-0.2, 0) is 27.3 Å². The van der Waals surface area contributed by atoms with Crippen LogP contribution in [0, 0.1) is 0 Å². The number of hydrogen-bond donors (Lipinski definition) is 2. The van der Waals surface area contributed by atoms with E-state index >= 15 is 0 Å². The van der Waals surface area contributed by atoms with Crippen LogP contribution in [0.2, 0.25) is 0 Å². The summed E-state index contributed by atoms with van der Waals surface area (Å²) in [5, 5.41) is 5.42. The van der Waals surface area contributed by atoms with Gasteiger partial charge in [0.25, 0.3) is 11.8 Å². The lowest BCUT2D eigenvalue weighted by molar-refractivity contribution is -0.150. The molecule has 2 amide bonds. The van der Waals surface area contributed by atoms with E-state index in [-0.39, 0.29) is 19.8 Å². The number of esters is 1. The molecule has 1 aliphatic heterocycles. The van der Waals surface area contributed by atoms with E-state index in [0.29, 0.717) is 17.1 Å². The number of fused-ring (bicyclic) bond motifs is 1. The number of nitrogens with one attached hydrogen (secondary N) is 2. The van der Waals surface area contributed by atoms with Gasteiger partial charge in [-0.15, -0.1) is 0 Å². The van der Waals surface area contributed by atoms with Crippen molar-refractivity contribution in [1.29, 1.82) is 0 Å². The van der Waals surface area contributed by atoms with Crippen molar-refractivity contribution in [2.45, 2.75) is 19.0 Å². The molecule has 2 N–H and O–H groups in total. The van der Waals surface area contributed by atoms with Gasteiger partial charge in [-0.2, -0.15) is 0 Å². The summed E-state index contributed by atoms with van der Waals surface area (Å²) in [5.74, 6) is -0.266. The Kier molecular flexibility index (Phi) is 7.39. The Morgan fingerprint density at radius 2 is 1.56 bits per heavy atom. The summed E-state index contributed by atoms with van der Waals surface area (Å²) in [5.41, 5.74) is 2.10. The van der Waals surface area contributed by atoms with Crippen LogP contribution in [0.4, 0.5) is 0 Å². The van der Waals surface area contributed by atoms with Crippen LogP contribution in [0.3, 0.4) is 0 Å². The Morgan fingerprint density at radius 3 is 2.32 bits per heavy atom. The van der Waals surface area contributed by atoms with Gasteiger partial charge in [0.2, 0.25) is 6.79 Å². The monoisotopic (exact) mass is 460 g/mol. The average molecular weight is 460 g/mol. The first-order valence-electron chi connectivity index (χ1n) is 10.8. The highest BCUT2D eigenvalue weighted by Crippen LogP contribution is 2.32. The van der Waals surface area contributed by atoms with Crippen molar-refractivity contribution in [2.24, 2.45) is 0 Å². The third kappa shape index (κ3) is 6.13. The van der Waals surface area contributed by atoms with Gasteiger partial charge in [-0.3, -0.25) is 9.59 Å². The molecule has 8 nitrogen and oxygen atoms in total. The summed E-state index contributed by atoms with van der Waals surface area (Å²) in [4.78, 5) is 37.6. The Labute approximate surface area is 196 Å². The lowest BCUT2D eigenvalue weighted by atomic mass is 10.1. The molecule has 0 fully saturated rings. The van der Waals surface area contributed by atoms with Gasteiger partial charge in [0.05, 0.1) is 0 Å². The highest BCUT2D eigenvalue weighted by atomic mass is 16.7. The van der Waals surface area contributed by atoms with Crippen LogP contribution in [0.25, 0.3) is 0 Å². The number of rotatable bonds is 9. The van der Waals surface area contributed by atoms with Crippen LogP contribution in [-0.4, -0.2) is 37.2 Å². The molecular weight excluding hydrogens is 436 g/mol. The van der Waals surface area contributed by atoms with E-state index in [1.54, 1.807) is 42.5 Å². The zero-order chi connectivity index (χ0) is 23.8. The Morgan fingerprint density at radius 1 is 0.853 bits per heavy atom. The maximum absolute atomic E-state index is 12.8. The molecule has 0 saturated carbocycles. The van der Waals surface area contributed by atoms with Crippen LogP contribution in [0.15, 0.2) is 78.9 Å². The molecule has 0 saturated heterocycles. The van der Waals surface area contributed by atoms with Crippen molar-refractivity contribution in [1.82, 2.24) is 10.6 Å². The standard InChI is InChI=1S/C26H24N2O6/c29-24(27-15-19-11-12-22-23(14-19)34-17-33-22)16-32-26(31)21(13-18-7-3-1-4-8-18)28-25(30)20-9-5-2-6-10-20/h1-12,14,21H,13,15-17H2,(H,27,29)(H,28,30)/t21-/m1/s1. The van der Waals surface area contributed by atoms with Crippen molar-refractivity contribution >= 4 is 17.8 Å². The third-order valence-corrected chi connectivity index (χ3v) is 5.18. The number of carbonyl (C=O) groups is 3. The molecule has 1 aliphatic rings. The SMILES string of the molecule is O=C(COC(=O)[C@@H](Cc1ccccc1)NC(=O)c1ccccc1)NCc1ccc2c(c1)OCO2. The average Bonchev–Trinajstić information content (AvgIpc) is 3.34. The maximum atomic E-state index is 12.8. The Bertz CT molecular complexity index is 1150. The van der Waals surface area contributed by atoms with Gasteiger partial charge in [0, 0.05) is 18.5 Å². The van der Waals surface area contributed by atoms with Crippen molar-refractivity contribution < 1.29 is 28.6 Å². The molecule has 3 aromatic rings. The summed E-state index contributed by atoms with van der Waals surface area (Å²) in [6.07, 6.45) is 0.233. The predicted octanol–water partition coefficient (Wildman–Crippen LogP) is 2.62. The lowest BCUT2D eigenvalue weighted by Gasteiger charge is -2.18. The molecule has 1 atom stereocenters. The second kappa shape index (κ2) is 11.0. The summed E-state index contributed by atoms with van der Waals surface area (Å²) >= 11 is 0. The maximum Gasteiger partial charge on any atom is 0.329 e. The van der Waals surface area contributed by atoms with E-state index in [0.717, 1.165) is 11.1 Å². The molecule has 0 spiro atoms. The first-order chi connectivity index (χ1) is 16.6. The van der Waals surface area contributed by atoms with Gasteiger partial charge >= 0.3 is 5.97 Å². The number of amides is 2. The number of benzene rings is 3. The van der Waals surface area contributed by atoms with Gasteiger partial charge < -0.3 is 24.8 Å². The quantitative estimate of drug-likeness (QED) is 0.476. The van der Waals surface area contributed by atoms with Crippen molar-refractivity contribution in [3.05, 3.63) is 95.6 Å². The topological polar surface area (TPSA) is 103 Å². The molecule has 3 aromatic carbocycles. The van der Waals surface area contributed by atoms with Gasteiger partial charge in [0.1, 0.15) is 6.04 Å². The van der Waals surface area contributed by atoms with Crippen molar-refractivity contribution in [3.63, 3.8) is 0 Å². The van der Waals surface area contributed by atoms with Crippen LogP contribution in [0.1, 0.15) is 21.5 Å². The fourth-order valence-corrected chi connectivity index (χ4v) is 3.41.